The zero-order chi connectivity index (χ0) is 20.9. The van der Waals surface area contributed by atoms with Crippen LogP contribution in [0.1, 0.15) is 86.5 Å². The van der Waals surface area contributed by atoms with Gasteiger partial charge in [0.1, 0.15) is 5.60 Å². The van der Waals surface area contributed by atoms with Gasteiger partial charge in [-0.2, -0.15) is 0 Å². The van der Waals surface area contributed by atoms with Crippen molar-refractivity contribution < 1.29 is 20.1 Å². The highest BCUT2D eigenvalue weighted by atomic mass is 16.3. The van der Waals surface area contributed by atoms with Crippen LogP contribution in [0.5, 0.6) is 0 Å². The molecule has 160 valence electrons. The lowest BCUT2D eigenvalue weighted by atomic mass is 9.35. The molecule has 4 heteroatoms. The van der Waals surface area contributed by atoms with Crippen LogP contribution in [0, 0.1) is 39.4 Å². The van der Waals surface area contributed by atoms with E-state index in [1.807, 2.05) is 0 Å². The second-order valence-corrected chi connectivity index (χ2v) is 12.1. The molecule has 0 amide bonds. The molecule has 4 aliphatic rings. The van der Waals surface area contributed by atoms with Gasteiger partial charge in [-0.05, 0) is 85.4 Å². The number of aliphatic hydroxyl groups excluding tert-OH is 2. The van der Waals surface area contributed by atoms with Crippen molar-refractivity contribution in [2.75, 3.05) is 0 Å². The average molecular weight is 393 g/mol. The minimum absolute atomic E-state index is 0.0134. The lowest BCUT2D eigenvalue weighted by Gasteiger charge is -2.70. The zero-order valence-electron chi connectivity index (χ0n) is 18.6. The number of Topliss-reactive ketones (excluding diaryl/α,β-unsaturated/α-hetero) is 1. The van der Waals surface area contributed by atoms with Crippen molar-refractivity contribution in [2.45, 2.75) is 104 Å². The third kappa shape index (κ3) is 2.21. The van der Waals surface area contributed by atoms with E-state index in [2.05, 4.69) is 34.6 Å². The number of carbonyl (C=O) groups excluding carboxylic acids is 1. The Morgan fingerprint density at radius 3 is 2.11 bits per heavy atom. The summed E-state index contributed by atoms with van der Waals surface area (Å²) in [4.78, 5) is 12.4. The van der Waals surface area contributed by atoms with E-state index in [0.29, 0.717) is 24.7 Å². The molecule has 0 aromatic carbocycles. The first kappa shape index (κ1) is 20.8. The number of hydrogen-bond acceptors (Lipinski definition) is 4. The molecule has 0 heterocycles. The number of aliphatic hydroxyl groups is 3. The van der Waals surface area contributed by atoms with Crippen molar-refractivity contribution in [1.29, 1.82) is 0 Å². The summed E-state index contributed by atoms with van der Waals surface area (Å²) in [6.45, 7) is 12.9. The van der Waals surface area contributed by atoms with Gasteiger partial charge in [-0.3, -0.25) is 4.79 Å². The van der Waals surface area contributed by atoms with Gasteiger partial charge >= 0.3 is 0 Å². The molecule has 4 rings (SSSR count). The third-order valence-corrected chi connectivity index (χ3v) is 11.0. The quantitative estimate of drug-likeness (QED) is 0.636. The summed E-state index contributed by atoms with van der Waals surface area (Å²) >= 11 is 0. The molecule has 4 fully saturated rings. The molecule has 0 aliphatic heterocycles. The minimum Gasteiger partial charge on any atom is -0.393 e. The summed E-state index contributed by atoms with van der Waals surface area (Å²) in [5.74, 6) is 0.212. The molecule has 4 aliphatic carbocycles. The van der Waals surface area contributed by atoms with Crippen molar-refractivity contribution in [3.63, 3.8) is 0 Å². The highest BCUT2D eigenvalue weighted by molar-refractivity contribution is 5.85. The van der Waals surface area contributed by atoms with Gasteiger partial charge in [0.15, 0.2) is 5.78 Å². The van der Waals surface area contributed by atoms with Gasteiger partial charge < -0.3 is 15.3 Å². The predicted octanol–water partition coefficient (Wildman–Crippen LogP) is 3.71. The van der Waals surface area contributed by atoms with E-state index < -0.39 is 11.7 Å². The number of rotatable bonds is 1. The van der Waals surface area contributed by atoms with Gasteiger partial charge in [0, 0.05) is 5.92 Å². The predicted molar refractivity (Wildman–Crippen MR) is 109 cm³/mol. The maximum absolute atomic E-state index is 12.4. The Hall–Kier alpha value is -0.450. The van der Waals surface area contributed by atoms with E-state index in [1.165, 1.54) is 6.92 Å². The van der Waals surface area contributed by atoms with E-state index >= 15 is 0 Å². The second kappa shape index (κ2) is 5.82. The molecule has 0 saturated heterocycles. The standard InChI is InChI=1S/C24H40O4/c1-14(25)24(28)12-11-23(6)19(24)15(26)13-17-21(4)9-8-18(27)20(2,3)16(21)7-10-22(17,23)5/h15-19,26-28H,7-13H2,1-6H3/t15-,16+,17-,18+,19+,21+,22-,23-,24-/m1/s1. The molecule has 28 heavy (non-hydrogen) atoms. The number of fused-ring (bicyclic) bond motifs is 5. The first-order valence-corrected chi connectivity index (χ1v) is 11.3. The van der Waals surface area contributed by atoms with Crippen molar-refractivity contribution in [2.24, 2.45) is 39.4 Å². The number of carbonyl (C=O) groups is 1. The smallest absolute Gasteiger partial charge is 0.161 e. The Morgan fingerprint density at radius 2 is 1.50 bits per heavy atom. The van der Waals surface area contributed by atoms with Crippen molar-refractivity contribution in [1.82, 2.24) is 0 Å². The molecule has 9 atom stereocenters. The third-order valence-electron chi connectivity index (χ3n) is 11.0. The van der Waals surface area contributed by atoms with Crippen molar-refractivity contribution in [3.8, 4) is 0 Å². The normalized spacial score (nSPS) is 57.8. The van der Waals surface area contributed by atoms with E-state index in [4.69, 9.17) is 0 Å². The largest absolute Gasteiger partial charge is 0.393 e. The van der Waals surface area contributed by atoms with Crippen LogP contribution in [0.3, 0.4) is 0 Å². The highest BCUT2D eigenvalue weighted by Gasteiger charge is 2.73. The molecule has 0 aromatic heterocycles. The molecule has 0 radical (unpaired) electrons. The Labute approximate surface area is 170 Å². The Bertz CT molecular complexity index is 688. The second-order valence-electron chi connectivity index (χ2n) is 12.1. The fourth-order valence-corrected chi connectivity index (χ4v) is 9.20. The van der Waals surface area contributed by atoms with Crippen LogP contribution in [0.2, 0.25) is 0 Å². The lowest BCUT2D eigenvalue weighted by molar-refractivity contribution is -0.250. The fourth-order valence-electron chi connectivity index (χ4n) is 9.20. The van der Waals surface area contributed by atoms with Crippen molar-refractivity contribution >= 4 is 5.78 Å². The van der Waals surface area contributed by atoms with Crippen LogP contribution < -0.4 is 0 Å². The SMILES string of the molecule is CC(=O)[C@]1(O)CC[C@]2(C)[C@@H]1[C@H](O)C[C@@H]1[C@@]3(C)CC[C@H](O)C(C)(C)[C@@H]3CC[C@]12C. The van der Waals surface area contributed by atoms with Crippen LogP contribution in [0.15, 0.2) is 0 Å². The average Bonchev–Trinajstić information content (AvgIpc) is 2.89. The molecule has 0 bridgehead atoms. The van der Waals surface area contributed by atoms with Gasteiger partial charge in [-0.25, -0.2) is 0 Å². The van der Waals surface area contributed by atoms with Gasteiger partial charge in [-0.1, -0.05) is 34.6 Å². The van der Waals surface area contributed by atoms with Crippen molar-refractivity contribution in [3.05, 3.63) is 0 Å². The van der Waals surface area contributed by atoms with Crippen LogP contribution in [-0.2, 0) is 4.79 Å². The fraction of sp³-hybridized carbons (Fsp3) is 0.958. The minimum atomic E-state index is -1.39. The summed E-state index contributed by atoms with van der Waals surface area (Å²) in [6, 6.07) is 0. The Kier molecular flexibility index (Phi) is 4.33. The van der Waals surface area contributed by atoms with Gasteiger partial charge in [0.2, 0.25) is 0 Å². The summed E-state index contributed by atoms with van der Waals surface area (Å²) in [5, 5.41) is 33.3. The Morgan fingerprint density at radius 1 is 0.857 bits per heavy atom. The van der Waals surface area contributed by atoms with Crippen LogP contribution >= 0.6 is 0 Å². The lowest BCUT2D eigenvalue weighted by Crippen LogP contribution is -2.67. The summed E-state index contributed by atoms with van der Waals surface area (Å²) in [7, 11) is 0. The Balaban J connectivity index is 1.80. The van der Waals surface area contributed by atoms with E-state index in [9.17, 15) is 20.1 Å². The summed E-state index contributed by atoms with van der Waals surface area (Å²) in [6.07, 6.45) is 4.94. The molecule has 4 saturated carbocycles. The molecule has 3 N–H and O–H groups in total. The first-order valence-electron chi connectivity index (χ1n) is 11.3. The number of hydrogen-bond donors (Lipinski definition) is 3. The van der Waals surface area contributed by atoms with Crippen LogP contribution in [0.4, 0.5) is 0 Å². The van der Waals surface area contributed by atoms with E-state index in [0.717, 1.165) is 32.1 Å². The van der Waals surface area contributed by atoms with Gasteiger partial charge in [0.05, 0.1) is 12.2 Å². The molecule has 0 unspecified atom stereocenters. The maximum atomic E-state index is 12.4. The summed E-state index contributed by atoms with van der Waals surface area (Å²) in [5.41, 5.74) is -1.69. The van der Waals surface area contributed by atoms with E-state index in [-0.39, 0.29) is 39.5 Å². The molecule has 4 nitrogen and oxygen atoms in total. The maximum Gasteiger partial charge on any atom is 0.161 e. The molecular weight excluding hydrogens is 352 g/mol. The molecule has 0 aromatic rings. The topological polar surface area (TPSA) is 77.8 Å². The van der Waals surface area contributed by atoms with Gasteiger partial charge in [0.25, 0.3) is 0 Å². The summed E-state index contributed by atoms with van der Waals surface area (Å²) < 4.78 is 0. The molecular formula is C24H40O4. The molecule has 0 spiro atoms. The van der Waals surface area contributed by atoms with Crippen LogP contribution in [0.25, 0.3) is 0 Å². The monoisotopic (exact) mass is 392 g/mol. The van der Waals surface area contributed by atoms with E-state index in [1.54, 1.807) is 0 Å². The van der Waals surface area contributed by atoms with Crippen LogP contribution in [-0.4, -0.2) is 38.9 Å². The highest BCUT2D eigenvalue weighted by Crippen LogP contribution is 2.75. The zero-order valence-corrected chi connectivity index (χ0v) is 18.6. The number of ketones is 1. The van der Waals surface area contributed by atoms with Gasteiger partial charge in [-0.15, -0.1) is 0 Å². The first-order chi connectivity index (χ1) is 12.7.